The van der Waals surface area contributed by atoms with Gasteiger partial charge < -0.3 is 15.0 Å². The highest BCUT2D eigenvalue weighted by atomic mass is 16.5. The van der Waals surface area contributed by atoms with Crippen LogP contribution in [0.2, 0.25) is 0 Å². The average molecular weight is 246 g/mol. The van der Waals surface area contributed by atoms with Crippen LogP contribution in [0.1, 0.15) is 18.1 Å². The lowest BCUT2D eigenvalue weighted by atomic mass is 9.83. The minimum atomic E-state index is 0.338. The summed E-state index contributed by atoms with van der Waals surface area (Å²) in [5, 5.41) is 3.41. The summed E-state index contributed by atoms with van der Waals surface area (Å²) in [7, 11) is 2.16. The third-order valence-electron chi connectivity index (χ3n) is 3.98. The second-order valence-electron chi connectivity index (χ2n) is 6.09. The Morgan fingerprint density at radius 3 is 3.00 bits per heavy atom. The highest BCUT2D eigenvalue weighted by Crippen LogP contribution is 2.31. The fourth-order valence-electron chi connectivity index (χ4n) is 3.23. The normalized spacial score (nSPS) is 22.1. The van der Waals surface area contributed by atoms with Crippen molar-refractivity contribution in [1.29, 1.82) is 0 Å². The minimum absolute atomic E-state index is 0.338. The first-order valence-corrected chi connectivity index (χ1v) is 6.79. The van der Waals surface area contributed by atoms with Crippen LogP contribution in [0.5, 0.6) is 5.75 Å². The van der Waals surface area contributed by atoms with Gasteiger partial charge in [-0.05, 0) is 37.2 Å². The van der Waals surface area contributed by atoms with Crippen LogP contribution in [0.3, 0.4) is 0 Å². The van der Waals surface area contributed by atoms with E-state index in [1.165, 1.54) is 11.1 Å². The van der Waals surface area contributed by atoms with Crippen molar-refractivity contribution in [3.05, 3.63) is 29.3 Å². The van der Waals surface area contributed by atoms with Gasteiger partial charge in [0.2, 0.25) is 0 Å². The van der Waals surface area contributed by atoms with Crippen LogP contribution in [-0.4, -0.2) is 38.2 Å². The topological polar surface area (TPSA) is 24.5 Å². The molecule has 0 unspecified atom stereocenters. The van der Waals surface area contributed by atoms with Crippen LogP contribution < -0.4 is 10.1 Å². The molecule has 0 atom stereocenters. The van der Waals surface area contributed by atoms with Gasteiger partial charge in [0.25, 0.3) is 0 Å². The summed E-state index contributed by atoms with van der Waals surface area (Å²) < 4.78 is 6.11. The summed E-state index contributed by atoms with van der Waals surface area (Å²) in [6, 6.07) is 6.43. The Morgan fingerprint density at radius 1 is 1.39 bits per heavy atom. The molecule has 98 valence electrons. The predicted molar refractivity (Wildman–Crippen MR) is 73.0 cm³/mol. The fraction of sp³-hybridized carbons (Fsp3) is 0.600. The van der Waals surface area contributed by atoms with Gasteiger partial charge in [-0.1, -0.05) is 19.1 Å². The molecule has 0 saturated carbocycles. The molecule has 0 amide bonds. The summed E-state index contributed by atoms with van der Waals surface area (Å²) >= 11 is 0. The lowest BCUT2D eigenvalue weighted by Gasteiger charge is -2.45. The Balaban J connectivity index is 1.69. The molecule has 0 aromatic heterocycles. The second kappa shape index (κ2) is 4.56. The minimum Gasteiger partial charge on any atom is -0.493 e. The first-order valence-electron chi connectivity index (χ1n) is 6.79. The van der Waals surface area contributed by atoms with Crippen LogP contribution in [0.25, 0.3) is 0 Å². The van der Waals surface area contributed by atoms with Crippen molar-refractivity contribution in [1.82, 2.24) is 10.2 Å². The maximum atomic E-state index is 6.11. The predicted octanol–water partition coefficient (Wildman–Crippen LogP) is 1.66. The fourth-order valence-corrected chi connectivity index (χ4v) is 3.23. The number of nitrogens with one attached hydrogen (secondary N) is 1. The average Bonchev–Trinajstić information content (AvgIpc) is 2.35. The second-order valence-corrected chi connectivity index (χ2v) is 6.09. The van der Waals surface area contributed by atoms with Gasteiger partial charge in [-0.3, -0.25) is 0 Å². The van der Waals surface area contributed by atoms with Crippen molar-refractivity contribution < 1.29 is 4.74 Å². The molecule has 1 N–H and O–H groups in total. The van der Waals surface area contributed by atoms with Gasteiger partial charge in [0.1, 0.15) is 5.75 Å². The molecule has 1 aromatic rings. The van der Waals surface area contributed by atoms with E-state index in [0.29, 0.717) is 5.41 Å². The highest BCUT2D eigenvalue weighted by molar-refractivity contribution is 5.41. The van der Waals surface area contributed by atoms with Gasteiger partial charge in [0.15, 0.2) is 0 Å². The molecule has 2 heterocycles. The Labute approximate surface area is 109 Å². The quantitative estimate of drug-likeness (QED) is 0.878. The number of hydrogen-bond donors (Lipinski definition) is 1. The number of benzene rings is 1. The van der Waals surface area contributed by atoms with Gasteiger partial charge in [-0.15, -0.1) is 0 Å². The van der Waals surface area contributed by atoms with Gasteiger partial charge in [-0.2, -0.15) is 0 Å². The molecule has 2 aliphatic heterocycles. The number of ether oxygens (including phenoxy) is 1. The third kappa shape index (κ3) is 2.25. The summed E-state index contributed by atoms with van der Waals surface area (Å²) in [5.74, 6) is 1.10. The lowest BCUT2D eigenvalue weighted by Crippen LogP contribution is -2.55. The zero-order valence-corrected chi connectivity index (χ0v) is 11.3. The van der Waals surface area contributed by atoms with Crippen LogP contribution in [0.4, 0.5) is 0 Å². The van der Waals surface area contributed by atoms with Crippen LogP contribution in [0.15, 0.2) is 18.2 Å². The molecule has 0 spiro atoms. The van der Waals surface area contributed by atoms with Gasteiger partial charge >= 0.3 is 0 Å². The van der Waals surface area contributed by atoms with E-state index >= 15 is 0 Å². The van der Waals surface area contributed by atoms with E-state index in [9.17, 15) is 0 Å². The maximum Gasteiger partial charge on any atom is 0.122 e. The summed E-state index contributed by atoms with van der Waals surface area (Å²) in [6.07, 6.45) is 1.09. The SMILES string of the molecule is CN1CC(C)(COc2cccc3c2CCNC3)C1. The molecule has 0 radical (unpaired) electrons. The largest absolute Gasteiger partial charge is 0.493 e. The Hall–Kier alpha value is -1.06. The van der Waals surface area contributed by atoms with Crippen LogP contribution in [0, 0.1) is 5.41 Å². The standard InChI is InChI=1S/C15H22N2O/c1-15(9-17(2)10-15)11-18-14-5-3-4-12-8-16-7-6-13(12)14/h3-5,16H,6-11H2,1-2H3. The molecule has 2 aliphatic rings. The van der Waals surface area contributed by atoms with E-state index < -0.39 is 0 Å². The van der Waals surface area contributed by atoms with E-state index in [2.05, 4.69) is 42.4 Å². The van der Waals surface area contributed by atoms with Crippen molar-refractivity contribution in [3.8, 4) is 5.75 Å². The first kappa shape index (κ1) is 12.0. The molecule has 3 rings (SSSR count). The van der Waals surface area contributed by atoms with Crippen LogP contribution in [-0.2, 0) is 13.0 Å². The summed E-state index contributed by atoms with van der Waals surface area (Å²) in [4.78, 5) is 2.34. The number of fused-ring (bicyclic) bond motifs is 1. The van der Waals surface area contributed by atoms with E-state index in [0.717, 1.165) is 45.0 Å². The molecule has 3 heteroatoms. The first-order chi connectivity index (χ1) is 8.66. The van der Waals surface area contributed by atoms with Crippen molar-refractivity contribution in [2.75, 3.05) is 33.3 Å². The smallest absolute Gasteiger partial charge is 0.122 e. The van der Waals surface area contributed by atoms with Crippen molar-refractivity contribution in [2.24, 2.45) is 5.41 Å². The number of rotatable bonds is 3. The molecule has 1 saturated heterocycles. The lowest BCUT2D eigenvalue weighted by molar-refractivity contribution is -0.00166. The molecule has 1 fully saturated rings. The Kier molecular flexibility index (Phi) is 3.04. The van der Waals surface area contributed by atoms with Crippen molar-refractivity contribution in [3.63, 3.8) is 0 Å². The third-order valence-corrected chi connectivity index (χ3v) is 3.98. The Bertz CT molecular complexity index is 438. The van der Waals surface area contributed by atoms with E-state index in [-0.39, 0.29) is 0 Å². The molecule has 0 aliphatic carbocycles. The van der Waals surface area contributed by atoms with Gasteiger partial charge in [0, 0.05) is 25.0 Å². The zero-order chi connectivity index (χ0) is 12.6. The molecular weight excluding hydrogens is 224 g/mol. The van der Waals surface area contributed by atoms with E-state index in [4.69, 9.17) is 4.74 Å². The maximum absolute atomic E-state index is 6.11. The van der Waals surface area contributed by atoms with Crippen molar-refractivity contribution >= 4 is 0 Å². The number of nitrogens with zero attached hydrogens (tertiary/aromatic N) is 1. The molecular formula is C15H22N2O. The summed E-state index contributed by atoms with van der Waals surface area (Å²) in [6.45, 7) is 7.47. The molecule has 18 heavy (non-hydrogen) atoms. The van der Waals surface area contributed by atoms with Crippen LogP contribution >= 0.6 is 0 Å². The Morgan fingerprint density at radius 2 is 2.22 bits per heavy atom. The molecule has 3 nitrogen and oxygen atoms in total. The molecule has 1 aromatic carbocycles. The van der Waals surface area contributed by atoms with Crippen molar-refractivity contribution in [2.45, 2.75) is 19.9 Å². The molecule has 0 bridgehead atoms. The zero-order valence-electron chi connectivity index (χ0n) is 11.3. The van der Waals surface area contributed by atoms with Gasteiger partial charge in [0.05, 0.1) is 6.61 Å². The summed E-state index contributed by atoms with van der Waals surface area (Å²) in [5.41, 5.74) is 3.15. The van der Waals surface area contributed by atoms with E-state index in [1.807, 2.05) is 0 Å². The highest BCUT2D eigenvalue weighted by Gasteiger charge is 2.37. The van der Waals surface area contributed by atoms with Gasteiger partial charge in [-0.25, -0.2) is 0 Å². The van der Waals surface area contributed by atoms with E-state index in [1.54, 1.807) is 0 Å². The monoisotopic (exact) mass is 246 g/mol. The number of likely N-dealkylation sites (tertiary alicyclic amines) is 1. The number of hydrogen-bond acceptors (Lipinski definition) is 3.